The summed E-state index contributed by atoms with van der Waals surface area (Å²) in [6, 6.07) is 5.91. The highest BCUT2D eigenvalue weighted by molar-refractivity contribution is 9.10. The van der Waals surface area contributed by atoms with Crippen LogP contribution in [0.4, 0.5) is 10.5 Å². The zero-order chi connectivity index (χ0) is 19.7. The molecule has 5 nitrogen and oxygen atoms in total. The minimum absolute atomic E-state index is 0.0591. The molecule has 1 unspecified atom stereocenters. The highest BCUT2D eigenvalue weighted by Crippen LogP contribution is 2.47. The van der Waals surface area contributed by atoms with Crippen molar-refractivity contribution in [2.75, 3.05) is 25.0 Å². The normalized spacial score (nSPS) is 22.0. The van der Waals surface area contributed by atoms with Crippen LogP contribution < -0.4 is 4.90 Å². The summed E-state index contributed by atoms with van der Waals surface area (Å²) in [5.41, 5.74) is 0.717. The predicted molar refractivity (Wildman–Crippen MR) is 108 cm³/mol. The topological polar surface area (TPSA) is 49.9 Å². The number of halogens is 1. The number of hydrogen-bond acceptors (Lipinski definition) is 3. The Bertz CT molecular complexity index is 699. The van der Waals surface area contributed by atoms with Gasteiger partial charge in [-0.15, -0.1) is 0 Å². The van der Waals surface area contributed by atoms with Crippen molar-refractivity contribution in [1.82, 2.24) is 4.90 Å². The third-order valence-corrected chi connectivity index (χ3v) is 5.19. The van der Waals surface area contributed by atoms with Crippen molar-refractivity contribution in [2.45, 2.75) is 58.5 Å². The van der Waals surface area contributed by atoms with Crippen molar-refractivity contribution in [3.05, 3.63) is 28.2 Å². The van der Waals surface area contributed by atoms with Crippen LogP contribution in [0.15, 0.2) is 22.7 Å². The number of amides is 2. The Morgan fingerprint density at radius 3 is 2.54 bits per heavy atom. The fourth-order valence-corrected chi connectivity index (χ4v) is 4.02. The summed E-state index contributed by atoms with van der Waals surface area (Å²) in [5.74, 6) is 0.0591. The van der Waals surface area contributed by atoms with E-state index in [1.165, 1.54) is 0 Å². The van der Waals surface area contributed by atoms with Crippen LogP contribution in [0.1, 0.15) is 53.0 Å². The largest absolute Gasteiger partial charge is 0.444 e. The predicted octanol–water partition coefficient (Wildman–Crippen LogP) is 4.72. The standard InChI is InChI=1S/C18H23BrN2O3.C2H6/c1-17(2,3)24-16(23)21-9-5-8-18(11-21)13-10-12(19)6-7-14(13)20(4)15(18)22;1-2/h6-7,10H,5,8-9,11H2,1-4H3;1-2H3. The molecule has 26 heavy (non-hydrogen) atoms. The minimum atomic E-state index is -0.664. The molecule has 1 fully saturated rings. The number of hydrogen-bond donors (Lipinski definition) is 0. The molecular weight excluding hydrogens is 396 g/mol. The first kappa shape index (κ1) is 20.7. The second kappa shape index (κ2) is 7.59. The monoisotopic (exact) mass is 424 g/mol. The van der Waals surface area contributed by atoms with Gasteiger partial charge in [-0.3, -0.25) is 4.79 Å². The Balaban J connectivity index is 0.00000117. The van der Waals surface area contributed by atoms with Crippen LogP contribution in [0.5, 0.6) is 0 Å². The van der Waals surface area contributed by atoms with Crippen LogP contribution in [-0.4, -0.2) is 42.6 Å². The molecule has 1 saturated heterocycles. The number of rotatable bonds is 0. The SMILES string of the molecule is CC.CN1C(=O)C2(CCCN(C(=O)OC(C)(C)C)C2)c2cc(Br)ccc21. The van der Waals surface area contributed by atoms with E-state index < -0.39 is 11.0 Å². The second-order valence-electron chi connectivity index (χ2n) is 7.61. The smallest absolute Gasteiger partial charge is 0.410 e. The van der Waals surface area contributed by atoms with E-state index in [4.69, 9.17) is 4.74 Å². The van der Waals surface area contributed by atoms with Crippen LogP contribution in [0.25, 0.3) is 0 Å². The molecule has 0 N–H and O–H groups in total. The van der Waals surface area contributed by atoms with E-state index in [1.54, 1.807) is 16.8 Å². The van der Waals surface area contributed by atoms with E-state index in [2.05, 4.69) is 15.9 Å². The first-order valence-electron chi connectivity index (χ1n) is 9.20. The number of nitrogens with zero attached hydrogens (tertiary/aromatic N) is 2. The fraction of sp³-hybridized carbons (Fsp3) is 0.600. The van der Waals surface area contributed by atoms with E-state index in [-0.39, 0.29) is 12.0 Å². The number of ether oxygens (including phenoxy) is 1. The van der Waals surface area contributed by atoms with Crippen LogP contribution in [0, 0.1) is 0 Å². The number of fused-ring (bicyclic) bond motifs is 2. The van der Waals surface area contributed by atoms with E-state index in [1.807, 2.05) is 52.8 Å². The number of carbonyl (C=O) groups excluding carboxylic acids is 2. The average molecular weight is 425 g/mol. The van der Waals surface area contributed by atoms with Crippen molar-refractivity contribution in [1.29, 1.82) is 0 Å². The van der Waals surface area contributed by atoms with E-state index in [0.29, 0.717) is 13.1 Å². The lowest BCUT2D eigenvalue weighted by atomic mass is 9.75. The summed E-state index contributed by atoms with van der Waals surface area (Å²) in [6.45, 7) is 10.5. The fourth-order valence-electron chi connectivity index (χ4n) is 3.66. The third kappa shape index (κ3) is 3.75. The van der Waals surface area contributed by atoms with Crippen molar-refractivity contribution < 1.29 is 14.3 Å². The number of piperidine rings is 1. The van der Waals surface area contributed by atoms with Gasteiger partial charge in [-0.05, 0) is 57.4 Å². The zero-order valence-corrected chi connectivity index (χ0v) is 18.1. The lowest BCUT2D eigenvalue weighted by Gasteiger charge is -2.39. The number of carbonyl (C=O) groups is 2. The van der Waals surface area contributed by atoms with Crippen molar-refractivity contribution in [3.8, 4) is 0 Å². The molecule has 0 radical (unpaired) electrons. The summed E-state index contributed by atoms with van der Waals surface area (Å²) in [7, 11) is 1.80. The Labute approximate surface area is 164 Å². The van der Waals surface area contributed by atoms with Crippen molar-refractivity contribution in [3.63, 3.8) is 0 Å². The molecule has 1 aromatic rings. The molecule has 2 heterocycles. The lowest BCUT2D eigenvalue weighted by Crippen LogP contribution is -2.53. The van der Waals surface area contributed by atoms with Crippen LogP contribution in [0.3, 0.4) is 0 Å². The van der Waals surface area contributed by atoms with Crippen molar-refractivity contribution in [2.24, 2.45) is 0 Å². The molecule has 6 heteroatoms. The van der Waals surface area contributed by atoms with Gasteiger partial charge < -0.3 is 14.5 Å². The Morgan fingerprint density at radius 2 is 1.92 bits per heavy atom. The maximum Gasteiger partial charge on any atom is 0.410 e. The minimum Gasteiger partial charge on any atom is -0.444 e. The molecular formula is C20H29BrN2O3. The highest BCUT2D eigenvalue weighted by Gasteiger charge is 2.52. The average Bonchev–Trinajstić information content (AvgIpc) is 2.78. The number of likely N-dealkylation sites (N-methyl/N-ethyl adjacent to an activating group) is 1. The maximum atomic E-state index is 13.0. The molecule has 1 aromatic carbocycles. The summed E-state index contributed by atoms with van der Waals surface area (Å²) < 4.78 is 6.45. The highest BCUT2D eigenvalue weighted by atomic mass is 79.9. The summed E-state index contributed by atoms with van der Waals surface area (Å²) >= 11 is 3.50. The first-order valence-corrected chi connectivity index (χ1v) is 9.99. The van der Waals surface area contributed by atoms with Gasteiger partial charge in [-0.1, -0.05) is 29.8 Å². The molecule has 144 valence electrons. The Kier molecular flexibility index (Phi) is 6.06. The Hall–Kier alpha value is -1.56. The van der Waals surface area contributed by atoms with Gasteiger partial charge in [0.25, 0.3) is 0 Å². The molecule has 0 bridgehead atoms. The molecule has 0 aliphatic carbocycles. The maximum absolute atomic E-state index is 13.0. The summed E-state index contributed by atoms with van der Waals surface area (Å²) in [6.07, 6.45) is 1.18. The number of likely N-dealkylation sites (tertiary alicyclic amines) is 1. The van der Waals surface area contributed by atoms with E-state index in [9.17, 15) is 9.59 Å². The van der Waals surface area contributed by atoms with E-state index >= 15 is 0 Å². The van der Waals surface area contributed by atoms with Gasteiger partial charge in [-0.25, -0.2) is 4.79 Å². The quantitative estimate of drug-likeness (QED) is 0.605. The summed E-state index contributed by atoms with van der Waals surface area (Å²) in [5, 5.41) is 0. The molecule has 2 aliphatic rings. The van der Waals surface area contributed by atoms with Gasteiger partial charge >= 0.3 is 6.09 Å². The summed E-state index contributed by atoms with van der Waals surface area (Å²) in [4.78, 5) is 28.9. The van der Waals surface area contributed by atoms with Crippen molar-refractivity contribution >= 4 is 33.6 Å². The number of anilines is 1. The van der Waals surface area contributed by atoms with Crippen LogP contribution in [0.2, 0.25) is 0 Å². The molecule has 1 atom stereocenters. The molecule has 2 amide bonds. The van der Waals surface area contributed by atoms with Gasteiger partial charge in [-0.2, -0.15) is 0 Å². The van der Waals surface area contributed by atoms with Gasteiger partial charge in [0.15, 0.2) is 0 Å². The Morgan fingerprint density at radius 1 is 1.27 bits per heavy atom. The molecule has 1 spiro atoms. The van der Waals surface area contributed by atoms with Gasteiger partial charge in [0, 0.05) is 30.3 Å². The number of benzene rings is 1. The van der Waals surface area contributed by atoms with Crippen LogP contribution >= 0.6 is 15.9 Å². The first-order chi connectivity index (χ1) is 12.1. The lowest BCUT2D eigenvalue weighted by molar-refractivity contribution is -0.124. The molecule has 3 rings (SSSR count). The van der Waals surface area contributed by atoms with Gasteiger partial charge in [0.1, 0.15) is 5.60 Å². The van der Waals surface area contributed by atoms with Crippen LogP contribution in [-0.2, 0) is 14.9 Å². The molecule has 2 aliphatic heterocycles. The van der Waals surface area contributed by atoms with Gasteiger partial charge in [0.2, 0.25) is 5.91 Å². The third-order valence-electron chi connectivity index (χ3n) is 4.69. The molecule has 0 aromatic heterocycles. The van der Waals surface area contributed by atoms with Gasteiger partial charge in [0.05, 0.1) is 5.41 Å². The molecule has 0 saturated carbocycles. The zero-order valence-electron chi connectivity index (χ0n) is 16.6. The van der Waals surface area contributed by atoms with E-state index in [0.717, 1.165) is 28.6 Å². The second-order valence-corrected chi connectivity index (χ2v) is 8.53.